The third-order valence-electron chi connectivity index (χ3n) is 6.21. The van der Waals surface area contributed by atoms with E-state index in [4.69, 9.17) is 0 Å². The summed E-state index contributed by atoms with van der Waals surface area (Å²) in [5, 5.41) is 3.42. The average Bonchev–Trinajstić information content (AvgIpc) is 2.97. The maximum Gasteiger partial charge on any atom is 0.223 e. The number of nitrogens with zero attached hydrogens (tertiary/aromatic N) is 1. The molecule has 3 rings (SSSR count). The van der Waals surface area contributed by atoms with Crippen LogP contribution in [0, 0.1) is 18.8 Å². The number of likely N-dealkylation sites (tertiary alicyclic amines) is 1. The SMILES string of the molecule is Cc1ccccc1C1CC(C)N(C(=O)CC(C)C2CCNCC2)C1. The second kappa shape index (κ2) is 7.69. The van der Waals surface area contributed by atoms with Gasteiger partial charge in [0.15, 0.2) is 0 Å². The van der Waals surface area contributed by atoms with E-state index in [1.54, 1.807) is 0 Å². The van der Waals surface area contributed by atoms with Gasteiger partial charge in [0.2, 0.25) is 5.91 Å². The van der Waals surface area contributed by atoms with Crippen LogP contribution in [-0.2, 0) is 4.79 Å². The minimum Gasteiger partial charge on any atom is -0.339 e. The molecule has 1 N–H and O–H groups in total. The molecule has 3 nitrogen and oxygen atoms in total. The van der Waals surface area contributed by atoms with Gasteiger partial charge in [0.05, 0.1) is 0 Å². The van der Waals surface area contributed by atoms with E-state index in [0.29, 0.717) is 29.7 Å². The standard InChI is InChI=1S/C21H32N2O/c1-15-6-4-5-7-20(15)19-13-17(3)23(14-19)21(24)12-16(2)18-8-10-22-11-9-18/h4-7,16-19,22H,8-14H2,1-3H3. The van der Waals surface area contributed by atoms with E-state index < -0.39 is 0 Å². The molecule has 2 fully saturated rings. The molecule has 2 aliphatic heterocycles. The van der Waals surface area contributed by atoms with Crippen LogP contribution in [0.25, 0.3) is 0 Å². The lowest BCUT2D eigenvalue weighted by Gasteiger charge is -2.30. The van der Waals surface area contributed by atoms with Crippen molar-refractivity contribution in [3.05, 3.63) is 35.4 Å². The Hall–Kier alpha value is -1.35. The van der Waals surface area contributed by atoms with Crippen molar-refractivity contribution < 1.29 is 4.79 Å². The van der Waals surface area contributed by atoms with Crippen molar-refractivity contribution in [2.45, 2.75) is 58.4 Å². The molecule has 3 heteroatoms. The molecule has 0 bridgehead atoms. The largest absolute Gasteiger partial charge is 0.339 e. The Balaban J connectivity index is 1.60. The first kappa shape index (κ1) is 17.5. The molecule has 1 aromatic rings. The van der Waals surface area contributed by atoms with Gasteiger partial charge in [-0.15, -0.1) is 0 Å². The summed E-state index contributed by atoms with van der Waals surface area (Å²) in [5.74, 6) is 2.08. The second-order valence-electron chi connectivity index (χ2n) is 7.95. The Labute approximate surface area is 146 Å². The molecule has 0 radical (unpaired) electrons. The maximum atomic E-state index is 12.9. The summed E-state index contributed by atoms with van der Waals surface area (Å²) in [6.07, 6.45) is 4.25. The van der Waals surface area contributed by atoms with Gasteiger partial charge in [0.1, 0.15) is 0 Å². The van der Waals surface area contributed by atoms with Gasteiger partial charge < -0.3 is 10.2 Å². The second-order valence-corrected chi connectivity index (χ2v) is 7.95. The van der Waals surface area contributed by atoms with Crippen LogP contribution in [0.1, 0.15) is 56.6 Å². The number of nitrogens with one attached hydrogen (secondary N) is 1. The van der Waals surface area contributed by atoms with Gasteiger partial charge in [0, 0.05) is 24.9 Å². The van der Waals surface area contributed by atoms with Gasteiger partial charge in [-0.05, 0) is 69.2 Å². The monoisotopic (exact) mass is 328 g/mol. The van der Waals surface area contributed by atoms with Gasteiger partial charge in [-0.1, -0.05) is 31.2 Å². The summed E-state index contributed by atoms with van der Waals surface area (Å²) >= 11 is 0. The minimum atomic E-state index is 0.363. The van der Waals surface area contributed by atoms with Crippen LogP contribution >= 0.6 is 0 Å². The number of rotatable bonds is 4. The molecular formula is C21H32N2O. The molecule has 0 aliphatic carbocycles. The van der Waals surface area contributed by atoms with E-state index in [2.05, 4.69) is 55.3 Å². The van der Waals surface area contributed by atoms with Gasteiger partial charge >= 0.3 is 0 Å². The fraction of sp³-hybridized carbons (Fsp3) is 0.667. The van der Waals surface area contributed by atoms with E-state index in [1.807, 2.05) is 0 Å². The molecule has 3 unspecified atom stereocenters. The molecule has 2 aliphatic rings. The van der Waals surface area contributed by atoms with E-state index >= 15 is 0 Å². The lowest BCUT2D eigenvalue weighted by Crippen LogP contribution is -2.37. The molecular weight excluding hydrogens is 296 g/mol. The Kier molecular flexibility index (Phi) is 5.60. The Morgan fingerprint density at radius 2 is 2.00 bits per heavy atom. The molecule has 132 valence electrons. The number of amides is 1. The summed E-state index contributed by atoms with van der Waals surface area (Å²) in [5.41, 5.74) is 2.78. The lowest BCUT2D eigenvalue weighted by atomic mass is 9.84. The fourth-order valence-electron chi connectivity index (χ4n) is 4.62. The van der Waals surface area contributed by atoms with Crippen molar-refractivity contribution in [1.82, 2.24) is 10.2 Å². The fourth-order valence-corrected chi connectivity index (χ4v) is 4.62. The number of benzene rings is 1. The predicted molar refractivity (Wildman–Crippen MR) is 99.1 cm³/mol. The number of carbonyl (C=O) groups is 1. The summed E-state index contributed by atoms with van der Waals surface area (Å²) in [6.45, 7) is 9.78. The third kappa shape index (κ3) is 3.83. The molecule has 0 aromatic heterocycles. The highest BCUT2D eigenvalue weighted by molar-refractivity contribution is 5.77. The van der Waals surface area contributed by atoms with Gasteiger partial charge in [0.25, 0.3) is 0 Å². The van der Waals surface area contributed by atoms with Crippen molar-refractivity contribution in [2.24, 2.45) is 11.8 Å². The van der Waals surface area contributed by atoms with E-state index in [1.165, 1.54) is 24.0 Å². The normalized spacial score (nSPS) is 26.5. The average molecular weight is 329 g/mol. The van der Waals surface area contributed by atoms with Crippen LogP contribution in [0.15, 0.2) is 24.3 Å². The van der Waals surface area contributed by atoms with Crippen molar-refractivity contribution in [1.29, 1.82) is 0 Å². The van der Waals surface area contributed by atoms with E-state index in [9.17, 15) is 4.79 Å². The zero-order valence-corrected chi connectivity index (χ0v) is 15.4. The molecule has 3 atom stereocenters. The topological polar surface area (TPSA) is 32.3 Å². The Morgan fingerprint density at radius 3 is 2.71 bits per heavy atom. The maximum absolute atomic E-state index is 12.9. The first-order valence-corrected chi connectivity index (χ1v) is 9.62. The Bertz CT molecular complexity index is 565. The predicted octanol–water partition coefficient (Wildman–Crippen LogP) is 3.73. The highest BCUT2D eigenvalue weighted by atomic mass is 16.2. The summed E-state index contributed by atoms with van der Waals surface area (Å²) in [6, 6.07) is 9.00. The molecule has 2 saturated heterocycles. The summed E-state index contributed by atoms with van der Waals surface area (Å²) in [4.78, 5) is 15.0. The Morgan fingerprint density at radius 1 is 1.29 bits per heavy atom. The van der Waals surface area contributed by atoms with Crippen molar-refractivity contribution in [2.75, 3.05) is 19.6 Å². The van der Waals surface area contributed by atoms with Crippen LogP contribution in [0.5, 0.6) is 0 Å². The van der Waals surface area contributed by atoms with Crippen molar-refractivity contribution in [3.63, 3.8) is 0 Å². The third-order valence-corrected chi connectivity index (χ3v) is 6.21. The summed E-state index contributed by atoms with van der Waals surface area (Å²) in [7, 11) is 0. The first-order valence-electron chi connectivity index (χ1n) is 9.62. The molecule has 1 amide bonds. The molecule has 2 heterocycles. The zero-order chi connectivity index (χ0) is 17.1. The number of hydrogen-bond donors (Lipinski definition) is 1. The van der Waals surface area contributed by atoms with Gasteiger partial charge in [-0.2, -0.15) is 0 Å². The quantitative estimate of drug-likeness (QED) is 0.913. The molecule has 1 aromatic carbocycles. The van der Waals surface area contributed by atoms with E-state index in [-0.39, 0.29) is 0 Å². The smallest absolute Gasteiger partial charge is 0.223 e. The lowest BCUT2D eigenvalue weighted by molar-refractivity contribution is -0.133. The van der Waals surface area contributed by atoms with E-state index in [0.717, 1.165) is 32.5 Å². The van der Waals surface area contributed by atoms with Crippen LogP contribution in [-0.4, -0.2) is 36.5 Å². The number of piperidine rings is 1. The molecule has 24 heavy (non-hydrogen) atoms. The number of aryl methyl sites for hydroxylation is 1. The van der Waals surface area contributed by atoms with Crippen LogP contribution in [0.4, 0.5) is 0 Å². The molecule has 0 saturated carbocycles. The van der Waals surface area contributed by atoms with Crippen LogP contribution in [0.3, 0.4) is 0 Å². The minimum absolute atomic E-state index is 0.363. The number of carbonyl (C=O) groups excluding carboxylic acids is 1. The highest BCUT2D eigenvalue weighted by Gasteiger charge is 2.34. The van der Waals surface area contributed by atoms with Crippen LogP contribution < -0.4 is 5.32 Å². The van der Waals surface area contributed by atoms with Gasteiger partial charge in [-0.3, -0.25) is 4.79 Å². The summed E-state index contributed by atoms with van der Waals surface area (Å²) < 4.78 is 0. The first-order chi connectivity index (χ1) is 11.6. The highest BCUT2D eigenvalue weighted by Crippen LogP contribution is 2.34. The van der Waals surface area contributed by atoms with Crippen LogP contribution in [0.2, 0.25) is 0 Å². The number of hydrogen-bond acceptors (Lipinski definition) is 2. The van der Waals surface area contributed by atoms with Crippen molar-refractivity contribution >= 4 is 5.91 Å². The molecule has 0 spiro atoms. The van der Waals surface area contributed by atoms with Gasteiger partial charge in [-0.25, -0.2) is 0 Å². The van der Waals surface area contributed by atoms with Crippen molar-refractivity contribution in [3.8, 4) is 0 Å². The zero-order valence-electron chi connectivity index (χ0n) is 15.4.